The lowest BCUT2D eigenvalue weighted by atomic mass is 9.65. The van der Waals surface area contributed by atoms with Gasteiger partial charge in [-0.05, 0) is 24.8 Å². The Kier molecular flexibility index (Phi) is 3.29. The molecule has 3 aromatic rings. The zero-order valence-electron chi connectivity index (χ0n) is 13.0. The fourth-order valence-corrected chi connectivity index (χ4v) is 3.10. The molecule has 0 spiro atoms. The number of nitrogens with zero attached hydrogens (tertiary/aromatic N) is 5. The van der Waals surface area contributed by atoms with Crippen LogP contribution in [0.5, 0.6) is 0 Å². The number of alkyl halides is 3. The topological polar surface area (TPSA) is 66.9 Å². The van der Waals surface area contributed by atoms with Crippen molar-refractivity contribution in [3.63, 3.8) is 0 Å². The van der Waals surface area contributed by atoms with Crippen molar-refractivity contribution in [3.05, 3.63) is 48.0 Å². The van der Waals surface area contributed by atoms with E-state index in [0.29, 0.717) is 11.3 Å². The average molecular weight is 343 g/mol. The van der Waals surface area contributed by atoms with Crippen LogP contribution in [0.3, 0.4) is 0 Å². The van der Waals surface area contributed by atoms with Gasteiger partial charge >= 0.3 is 6.18 Å². The quantitative estimate of drug-likeness (QED) is 0.711. The molecule has 5 nitrogen and oxygen atoms in total. The SMILES string of the molecule is N#CC1(c2ccc(-c3cn4c(C(F)(F)F)nnc4cn3)cc2)CCC1. The number of rotatable bonds is 2. The van der Waals surface area contributed by atoms with Crippen LogP contribution < -0.4 is 0 Å². The summed E-state index contributed by atoms with van der Waals surface area (Å²) in [6.45, 7) is 0. The molecule has 0 N–H and O–H groups in total. The molecule has 4 rings (SSSR count). The molecule has 0 saturated heterocycles. The van der Waals surface area contributed by atoms with Crippen LogP contribution in [-0.2, 0) is 11.6 Å². The minimum Gasteiger partial charge on any atom is -0.275 e. The lowest BCUT2D eigenvalue weighted by molar-refractivity contribution is -0.145. The predicted molar refractivity (Wildman–Crippen MR) is 82.4 cm³/mol. The number of nitriles is 1. The van der Waals surface area contributed by atoms with Gasteiger partial charge in [-0.15, -0.1) is 10.2 Å². The van der Waals surface area contributed by atoms with E-state index in [4.69, 9.17) is 0 Å². The largest absolute Gasteiger partial charge is 0.452 e. The first kappa shape index (κ1) is 15.6. The van der Waals surface area contributed by atoms with E-state index in [1.165, 1.54) is 12.4 Å². The third kappa shape index (κ3) is 2.43. The zero-order chi connectivity index (χ0) is 17.7. The highest BCUT2D eigenvalue weighted by Gasteiger charge is 2.39. The second kappa shape index (κ2) is 5.28. The first-order valence-electron chi connectivity index (χ1n) is 7.73. The van der Waals surface area contributed by atoms with Crippen molar-refractivity contribution in [1.29, 1.82) is 5.26 Å². The van der Waals surface area contributed by atoms with E-state index < -0.39 is 17.4 Å². The summed E-state index contributed by atoms with van der Waals surface area (Å²) >= 11 is 0. The van der Waals surface area contributed by atoms with Gasteiger partial charge in [0.05, 0.1) is 23.4 Å². The Balaban J connectivity index is 1.74. The van der Waals surface area contributed by atoms with Crippen molar-refractivity contribution in [2.24, 2.45) is 0 Å². The molecule has 1 fully saturated rings. The van der Waals surface area contributed by atoms with Gasteiger partial charge in [0.2, 0.25) is 5.82 Å². The van der Waals surface area contributed by atoms with Crippen LogP contribution in [0.1, 0.15) is 30.7 Å². The van der Waals surface area contributed by atoms with E-state index in [1.807, 2.05) is 12.1 Å². The number of hydrogen-bond acceptors (Lipinski definition) is 4. The van der Waals surface area contributed by atoms with E-state index >= 15 is 0 Å². The second-order valence-electron chi connectivity index (χ2n) is 6.15. The summed E-state index contributed by atoms with van der Waals surface area (Å²) in [5.41, 5.74) is 1.59. The van der Waals surface area contributed by atoms with Crippen molar-refractivity contribution < 1.29 is 13.2 Å². The summed E-state index contributed by atoms with van der Waals surface area (Å²) in [7, 11) is 0. The van der Waals surface area contributed by atoms with Crippen molar-refractivity contribution in [2.75, 3.05) is 0 Å². The molecule has 25 heavy (non-hydrogen) atoms. The third-order valence-corrected chi connectivity index (χ3v) is 4.70. The lowest BCUT2D eigenvalue weighted by Crippen LogP contribution is -2.32. The average Bonchev–Trinajstić information content (AvgIpc) is 2.98. The zero-order valence-corrected chi connectivity index (χ0v) is 13.0. The molecule has 8 heteroatoms. The maximum absolute atomic E-state index is 13.0. The summed E-state index contributed by atoms with van der Waals surface area (Å²) in [5, 5.41) is 16.1. The monoisotopic (exact) mass is 343 g/mol. The predicted octanol–water partition coefficient (Wildman–Crippen LogP) is 3.76. The molecule has 0 bridgehead atoms. The molecule has 2 aromatic heterocycles. The van der Waals surface area contributed by atoms with Crippen LogP contribution in [0.4, 0.5) is 13.2 Å². The maximum atomic E-state index is 13.0. The van der Waals surface area contributed by atoms with Crippen LogP contribution in [0.2, 0.25) is 0 Å². The van der Waals surface area contributed by atoms with Gasteiger partial charge in [0.1, 0.15) is 0 Å². The van der Waals surface area contributed by atoms with Crippen molar-refractivity contribution in [1.82, 2.24) is 19.6 Å². The van der Waals surface area contributed by atoms with Crippen LogP contribution in [0.25, 0.3) is 16.9 Å². The van der Waals surface area contributed by atoms with Crippen LogP contribution >= 0.6 is 0 Å². The van der Waals surface area contributed by atoms with Gasteiger partial charge in [0, 0.05) is 11.8 Å². The Morgan fingerprint density at radius 3 is 2.40 bits per heavy atom. The Bertz CT molecular complexity index is 978. The maximum Gasteiger partial charge on any atom is 0.452 e. The number of halogens is 3. The molecule has 0 aliphatic heterocycles. The van der Waals surface area contributed by atoms with E-state index in [1.54, 1.807) is 12.1 Å². The van der Waals surface area contributed by atoms with Gasteiger partial charge in [0.15, 0.2) is 5.65 Å². The van der Waals surface area contributed by atoms with Gasteiger partial charge < -0.3 is 0 Å². The Hall–Kier alpha value is -2.95. The molecule has 0 atom stereocenters. The summed E-state index contributed by atoms with van der Waals surface area (Å²) in [6, 6.07) is 9.62. The molecule has 126 valence electrons. The molecule has 0 amide bonds. The Labute approximate surface area is 140 Å². The second-order valence-corrected chi connectivity index (χ2v) is 6.15. The number of aromatic nitrogens is 4. The molecule has 2 heterocycles. The van der Waals surface area contributed by atoms with Crippen molar-refractivity contribution >= 4 is 5.65 Å². The van der Waals surface area contributed by atoms with Gasteiger partial charge in [-0.1, -0.05) is 24.3 Å². The molecular weight excluding hydrogens is 331 g/mol. The van der Waals surface area contributed by atoms with Crippen molar-refractivity contribution in [2.45, 2.75) is 30.9 Å². The van der Waals surface area contributed by atoms with Gasteiger partial charge in [-0.3, -0.25) is 9.38 Å². The van der Waals surface area contributed by atoms with Crippen LogP contribution in [0, 0.1) is 11.3 Å². The third-order valence-electron chi connectivity index (χ3n) is 4.70. The number of fused-ring (bicyclic) bond motifs is 1. The highest BCUT2D eigenvalue weighted by atomic mass is 19.4. The van der Waals surface area contributed by atoms with E-state index in [-0.39, 0.29) is 5.65 Å². The normalized spacial score (nSPS) is 16.4. The summed E-state index contributed by atoms with van der Waals surface area (Å²) < 4.78 is 39.8. The van der Waals surface area contributed by atoms with E-state index in [0.717, 1.165) is 29.2 Å². The molecule has 1 aromatic carbocycles. The standard InChI is InChI=1S/C17H12F3N5/c18-17(19,20)15-24-23-14-8-22-13(9-25(14)15)11-2-4-12(5-3-11)16(10-21)6-1-7-16/h2-5,8-9H,1,6-7H2. The highest BCUT2D eigenvalue weighted by molar-refractivity contribution is 5.60. The Morgan fingerprint density at radius 1 is 1.12 bits per heavy atom. The summed E-state index contributed by atoms with van der Waals surface area (Å²) in [6.07, 6.45) is 0.642. The van der Waals surface area contributed by atoms with E-state index in [9.17, 15) is 18.4 Å². The molecule has 1 aliphatic carbocycles. The molecule has 0 unspecified atom stereocenters. The van der Waals surface area contributed by atoms with Crippen LogP contribution in [0.15, 0.2) is 36.7 Å². The fraction of sp³-hybridized carbons (Fsp3) is 0.294. The first-order valence-corrected chi connectivity index (χ1v) is 7.73. The Morgan fingerprint density at radius 2 is 1.84 bits per heavy atom. The fourth-order valence-electron chi connectivity index (χ4n) is 3.10. The molecule has 0 radical (unpaired) electrons. The number of benzene rings is 1. The summed E-state index contributed by atoms with van der Waals surface area (Å²) in [5.74, 6) is -1.08. The highest BCUT2D eigenvalue weighted by Crippen LogP contribution is 2.43. The van der Waals surface area contributed by atoms with Crippen LogP contribution in [-0.4, -0.2) is 19.6 Å². The summed E-state index contributed by atoms with van der Waals surface area (Å²) in [4.78, 5) is 4.16. The lowest BCUT2D eigenvalue weighted by Gasteiger charge is -2.35. The molecule has 1 saturated carbocycles. The minimum atomic E-state index is -4.59. The molecular formula is C17H12F3N5. The van der Waals surface area contributed by atoms with E-state index in [2.05, 4.69) is 21.3 Å². The minimum absolute atomic E-state index is 0.0330. The van der Waals surface area contributed by atoms with Gasteiger partial charge in [-0.25, -0.2) is 0 Å². The van der Waals surface area contributed by atoms with Crippen molar-refractivity contribution in [3.8, 4) is 17.3 Å². The number of hydrogen-bond donors (Lipinski definition) is 0. The molecule has 1 aliphatic rings. The van der Waals surface area contributed by atoms with Gasteiger partial charge in [0.25, 0.3) is 0 Å². The smallest absolute Gasteiger partial charge is 0.275 e. The first-order chi connectivity index (χ1) is 11.9. The van der Waals surface area contributed by atoms with Gasteiger partial charge in [-0.2, -0.15) is 18.4 Å².